The first-order chi connectivity index (χ1) is 14.4. The number of nitrogens with one attached hydrogen (secondary N) is 2. The molecule has 0 aliphatic heterocycles. The third kappa shape index (κ3) is 5.19. The maximum atomic E-state index is 12.3. The van der Waals surface area contributed by atoms with Gasteiger partial charge in [0.25, 0.3) is 5.91 Å². The van der Waals surface area contributed by atoms with Gasteiger partial charge in [0.15, 0.2) is 11.5 Å². The van der Waals surface area contributed by atoms with E-state index in [9.17, 15) is 9.59 Å². The third-order valence-electron chi connectivity index (χ3n) is 4.08. The van der Waals surface area contributed by atoms with Gasteiger partial charge in [-0.15, -0.1) is 5.10 Å². The van der Waals surface area contributed by atoms with E-state index in [1.165, 1.54) is 7.11 Å². The lowest BCUT2D eigenvalue weighted by Gasteiger charge is -2.08. The quantitative estimate of drug-likeness (QED) is 0.510. The lowest BCUT2D eigenvalue weighted by molar-refractivity contribution is -0.116. The highest BCUT2D eigenvalue weighted by Gasteiger charge is 2.19. The molecular formula is C19H18Cl2N6O3. The number of carbonyl (C=O) groups excluding carboxylic acids is 2. The van der Waals surface area contributed by atoms with Gasteiger partial charge in [-0.3, -0.25) is 9.59 Å². The van der Waals surface area contributed by atoms with Crippen LogP contribution in [0.15, 0.2) is 42.5 Å². The fourth-order valence-corrected chi connectivity index (χ4v) is 2.93. The lowest BCUT2D eigenvalue weighted by atomic mass is 10.2. The lowest BCUT2D eigenvalue weighted by Crippen LogP contribution is -2.25. The van der Waals surface area contributed by atoms with Crippen molar-refractivity contribution >= 4 is 46.5 Å². The summed E-state index contributed by atoms with van der Waals surface area (Å²) >= 11 is 11.9. The van der Waals surface area contributed by atoms with Crippen molar-refractivity contribution in [3.8, 4) is 5.75 Å². The first-order valence-electron chi connectivity index (χ1n) is 8.72. The van der Waals surface area contributed by atoms with Crippen LogP contribution in [-0.2, 0) is 17.9 Å². The average Bonchev–Trinajstić information content (AvgIpc) is 3.07. The van der Waals surface area contributed by atoms with Crippen molar-refractivity contribution in [3.05, 3.63) is 63.8 Å². The predicted molar refractivity (Wildman–Crippen MR) is 114 cm³/mol. The van der Waals surface area contributed by atoms with Crippen LogP contribution in [0.4, 0.5) is 11.5 Å². The van der Waals surface area contributed by atoms with Crippen molar-refractivity contribution in [3.63, 3.8) is 0 Å². The van der Waals surface area contributed by atoms with Crippen LogP contribution in [-0.4, -0.2) is 33.9 Å². The number of hydrogen-bond acceptors (Lipinski definition) is 6. The zero-order valence-corrected chi connectivity index (χ0v) is 17.4. The van der Waals surface area contributed by atoms with Crippen molar-refractivity contribution in [1.82, 2.24) is 20.3 Å². The zero-order valence-electron chi connectivity index (χ0n) is 15.9. The van der Waals surface area contributed by atoms with Crippen LogP contribution in [0, 0.1) is 0 Å². The summed E-state index contributed by atoms with van der Waals surface area (Å²) in [5, 5.41) is 13.9. The summed E-state index contributed by atoms with van der Waals surface area (Å²) in [4.78, 5) is 24.6. The van der Waals surface area contributed by atoms with Gasteiger partial charge in [-0.25, -0.2) is 4.68 Å². The number of nitrogens with zero attached hydrogens (tertiary/aromatic N) is 3. The molecule has 2 amide bonds. The van der Waals surface area contributed by atoms with Crippen LogP contribution in [0.5, 0.6) is 5.75 Å². The standard InChI is InChI=1S/C19H18Cl2N6O3/c1-30-15-7-6-13(8-14(15)21)24-16(28)10-27-18(22)17(25-26-27)19(29)23-9-11-2-4-12(20)5-3-11/h2-8H,9-10,22H2,1H3,(H,23,29)(H,24,28). The van der Waals surface area contributed by atoms with E-state index in [0.29, 0.717) is 21.5 Å². The van der Waals surface area contributed by atoms with E-state index < -0.39 is 11.8 Å². The highest BCUT2D eigenvalue weighted by Crippen LogP contribution is 2.27. The molecule has 3 rings (SSSR count). The van der Waals surface area contributed by atoms with Crippen molar-refractivity contribution in [1.29, 1.82) is 0 Å². The maximum absolute atomic E-state index is 12.3. The first kappa shape index (κ1) is 21.4. The Morgan fingerprint density at radius 2 is 1.90 bits per heavy atom. The van der Waals surface area contributed by atoms with Gasteiger partial charge in [-0.2, -0.15) is 0 Å². The summed E-state index contributed by atoms with van der Waals surface area (Å²) < 4.78 is 6.20. The number of nitrogens with two attached hydrogens (primary N) is 1. The molecule has 1 heterocycles. The largest absolute Gasteiger partial charge is 0.495 e. The first-order valence-corrected chi connectivity index (χ1v) is 9.48. The molecule has 0 atom stereocenters. The van der Waals surface area contributed by atoms with Crippen LogP contribution < -0.4 is 21.1 Å². The minimum absolute atomic E-state index is 0.0217. The van der Waals surface area contributed by atoms with Crippen LogP contribution in [0.25, 0.3) is 0 Å². The summed E-state index contributed by atoms with van der Waals surface area (Å²) in [6, 6.07) is 11.9. The van der Waals surface area contributed by atoms with E-state index in [-0.39, 0.29) is 24.6 Å². The van der Waals surface area contributed by atoms with Crippen molar-refractivity contribution < 1.29 is 14.3 Å². The third-order valence-corrected chi connectivity index (χ3v) is 4.63. The molecule has 9 nitrogen and oxygen atoms in total. The van der Waals surface area contributed by atoms with Gasteiger partial charge in [0, 0.05) is 17.3 Å². The topological polar surface area (TPSA) is 124 Å². The van der Waals surface area contributed by atoms with Crippen LogP contribution >= 0.6 is 23.2 Å². The Labute approximate surface area is 182 Å². The average molecular weight is 449 g/mol. The molecule has 1 aromatic heterocycles. The monoisotopic (exact) mass is 448 g/mol. The molecule has 0 fully saturated rings. The normalized spacial score (nSPS) is 10.5. The Morgan fingerprint density at radius 3 is 2.57 bits per heavy atom. The summed E-state index contributed by atoms with van der Waals surface area (Å²) in [6.45, 7) is 0.0357. The fraction of sp³-hybridized carbons (Fsp3) is 0.158. The van der Waals surface area contributed by atoms with Crippen molar-refractivity contribution in [2.24, 2.45) is 0 Å². The van der Waals surface area contributed by atoms with E-state index in [1.807, 2.05) is 0 Å². The molecule has 30 heavy (non-hydrogen) atoms. The van der Waals surface area contributed by atoms with E-state index in [0.717, 1.165) is 10.2 Å². The van der Waals surface area contributed by atoms with Crippen LogP contribution in [0.1, 0.15) is 16.1 Å². The molecule has 11 heteroatoms. The Morgan fingerprint density at radius 1 is 1.17 bits per heavy atom. The van der Waals surface area contributed by atoms with Gasteiger partial charge >= 0.3 is 0 Å². The predicted octanol–water partition coefficient (Wildman–Crippen LogP) is 2.74. The zero-order chi connectivity index (χ0) is 21.7. The molecule has 3 aromatic rings. The molecule has 4 N–H and O–H groups in total. The Kier molecular flexibility index (Phi) is 6.76. The number of nitrogen functional groups attached to an aromatic ring is 1. The number of rotatable bonds is 7. The molecule has 0 bridgehead atoms. The summed E-state index contributed by atoms with van der Waals surface area (Å²) in [5.74, 6) is -0.451. The Hall–Kier alpha value is -3.30. The minimum atomic E-state index is -0.504. The number of carbonyl (C=O) groups is 2. The molecule has 156 valence electrons. The van der Waals surface area contributed by atoms with Gasteiger partial charge in [0.1, 0.15) is 12.3 Å². The molecule has 0 spiro atoms. The molecule has 0 unspecified atom stereocenters. The number of anilines is 2. The molecular weight excluding hydrogens is 431 g/mol. The number of benzene rings is 2. The summed E-state index contributed by atoms with van der Waals surface area (Å²) in [7, 11) is 1.50. The number of aromatic nitrogens is 3. The van der Waals surface area contributed by atoms with Gasteiger partial charge in [0.2, 0.25) is 5.91 Å². The highest BCUT2D eigenvalue weighted by atomic mass is 35.5. The highest BCUT2D eigenvalue weighted by molar-refractivity contribution is 6.32. The molecule has 2 aromatic carbocycles. The molecule has 0 saturated carbocycles. The second-order valence-corrected chi connectivity index (χ2v) is 7.03. The van der Waals surface area contributed by atoms with E-state index >= 15 is 0 Å². The SMILES string of the molecule is COc1ccc(NC(=O)Cn2nnc(C(=O)NCc3ccc(Cl)cc3)c2N)cc1Cl. The van der Waals surface area contributed by atoms with Crippen molar-refractivity contribution in [2.45, 2.75) is 13.1 Å². The van der Waals surface area contributed by atoms with E-state index in [4.69, 9.17) is 33.7 Å². The van der Waals surface area contributed by atoms with Gasteiger partial charge in [-0.05, 0) is 35.9 Å². The number of hydrogen-bond donors (Lipinski definition) is 3. The molecule has 0 saturated heterocycles. The van der Waals surface area contributed by atoms with Crippen molar-refractivity contribution in [2.75, 3.05) is 18.2 Å². The molecule has 0 aliphatic carbocycles. The number of methoxy groups -OCH3 is 1. The van der Waals surface area contributed by atoms with Crippen LogP contribution in [0.3, 0.4) is 0 Å². The Balaban J connectivity index is 1.60. The summed E-state index contributed by atoms with van der Waals surface area (Å²) in [5.41, 5.74) is 7.21. The molecule has 0 aliphatic rings. The maximum Gasteiger partial charge on any atom is 0.275 e. The second kappa shape index (κ2) is 9.47. The van der Waals surface area contributed by atoms with E-state index in [1.54, 1.807) is 42.5 Å². The van der Waals surface area contributed by atoms with Crippen LogP contribution in [0.2, 0.25) is 10.0 Å². The van der Waals surface area contributed by atoms with Gasteiger partial charge in [0.05, 0.1) is 12.1 Å². The van der Waals surface area contributed by atoms with E-state index in [2.05, 4.69) is 20.9 Å². The Bertz CT molecular complexity index is 1070. The minimum Gasteiger partial charge on any atom is -0.495 e. The van der Waals surface area contributed by atoms with Gasteiger partial charge in [-0.1, -0.05) is 40.5 Å². The second-order valence-electron chi connectivity index (χ2n) is 6.19. The number of halogens is 2. The molecule has 0 radical (unpaired) electrons. The smallest absolute Gasteiger partial charge is 0.275 e. The number of amides is 2. The van der Waals surface area contributed by atoms with Gasteiger partial charge < -0.3 is 21.1 Å². The fourth-order valence-electron chi connectivity index (χ4n) is 2.55. The number of ether oxygens (including phenoxy) is 1. The summed E-state index contributed by atoms with van der Waals surface area (Å²) in [6.07, 6.45) is 0.